The number of hydrogen-bond donors (Lipinski definition) is 1. The molecule has 0 spiro atoms. The molecule has 1 N–H and O–H groups in total. The van der Waals surface area contributed by atoms with E-state index >= 15 is 0 Å². The van der Waals surface area contributed by atoms with E-state index in [4.69, 9.17) is 0 Å². The molecule has 0 aliphatic carbocycles. The summed E-state index contributed by atoms with van der Waals surface area (Å²) in [5.74, 6) is 0.472. The van der Waals surface area contributed by atoms with E-state index in [1.165, 1.54) is 16.7 Å². The number of aromatic nitrogens is 2. The van der Waals surface area contributed by atoms with E-state index in [0.29, 0.717) is 23.3 Å². The molecular weight excluding hydrogens is 425 g/mol. The lowest BCUT2D eigenvalue weighted by Crippen LogP contribution is -2.21. The fourth-order valence-corrected chi connectivity index (χ4v) is 3.54. The first-order valence-corrected chi connectivity index (χ1v) is 8.84. The summed E-state index contributed by atoms with van der Waals surface area (Å²) in [6, 6.07) is 7.94. The van der Waals surface area contributed by atoms with Gasteiger partial charge in [-0.1, -0.05) is 6.07 Å². The second-order valence-corrected chi connectivity index (χ2v) is 7.11. The fraction of sp³-hybridized carbons (Fsp3) is 0.158. The first kappa shape index (κ1) is 17.8. The molecule has 4 rings (SSSR count). The van der Waals surface area contributed by atoms with Crippen molar-refractivity contribution in [3.63, 3.8) is 0 Å². The lowest BCUT2D eigenvalue weighted by Gasteiger charge is -2.09. The van der Waals surface area contributed by atoms with Crippen molar-refractivity contribution in [2.24, 2.45) is 0 Å². The molecule has 2 aromatic carbocycles. The van der Waals surface area contributed by atoms with E-state index in [0.717, 1.165) is 23.3 Å². The molecule has 1 aliphatic rings. The number of nitrogens with zero attached hydrogens (tertiary/aromatic N) is 2. The maximum absolute atomic E-state index is 13.0. The number of phenols is 1. The molecule has 0 unspecified atom stereocenters. The average Bonchev–Trinajstić information content (AvgIpc) is 3.00. The number of fused-ring (bicyclic) bond motifs is 2. The Kier molecular flexibility index (Phi) is 4.10. The molecule has 1 aliphatic heterocycles. The third kappa shape index (κ3) is 3.14. The van der Waals surface area contributed by atoms with Crippen molar-refractivity contribution in [1.82, 2.24) is 9.55 Å². The second kappa shape index (κ2) is 6.23. The second-order valence-electron chi connectivity index (χ2n) is 6.25. The zero-order chi connectivity index (χ0) is 19.3. The Bertz CT molecular complexity index is 1170. The predicted octanol–water partition coefficient (Wildman–Crippen LogP) is 4.83. The summed E-state index contributed by atoms with van der Waals surface area (Å²) in [7, 11) is 0. The molecule has 0 bridgehead atoms. The molecule has 3 aromatic rings. The van der Waals surface area contributed by atoms with Crippen LogP contribution in [0.1, 0.15) is 23.4 Å². The van der Waals surface area contributed by atoms with Crippen LogP contribution in [0.5, 0.6) is 5.75 Å². The van der Waals surface area contributed by atoms with Crippen LogP contribution in [0, 0.1) is 0 Å². The number of hydrogen-bond acceptors (Lipinski definition) is 3. The number of alkyl halides is 3. The highest BCUT2D eigenvalue weighted by Gasteiger charge is 2.31. The van der Waals surface area contributed by atoms with Gasteiger partial charge in [0.1, 0.15) is 11.6 Å². The van der Waals surface area contributed by atoms with E-state index in [9.17, 15) is 23.1 Å². The normalized spacial score (nSPS) is 15.5. The maximum atomic E-state index is 13.0. The topological polar surface area (TPSA) is 55.1 Å². The van der Waals surface area contributed by atoms with Crippen LogP contribution in [-0.4, -0.2) is 14.7 Å². The Morgan fingerprint density at radius 3 is 2.67 bits per heavy atom. The van der Waals surface area contributed by atoms with Crippen LogP contribution in [0.4, 0.5) is 13.2 Å². The van der Waals surface area contributed by atoms with Gasteiger partial charge in [0.25, 0.3) is 5.56 Å². The summed E-state index contributed by atoms with van der Waals surface area (Å²) in [6.45, 7) is 0.420. The molecule has 0 saturated carbocycles. The van der Waals surface area contributed by atoms with Crippen LogP contribution in [-0.2, 0) is 12.7 Å². The summed E-state index contributed by atoms with van der Waals surface area (Å²) in [6.07, 6.45) is -2.14. The van der Waals surface area contributed by atoms with Crippen LogP contribution in [0.2, 0.25) is 0 Å². The summed E-state index contributed by atoms with van der Waals surface area (Å²) >= 11 is 3.24. The van der Waals surface area contributed by atoms with E-state index in [-0.39, 0.29) is 22.2 Å². The van der Waals surface area contributed by atoms with Gasteiger partial charge >= 0.3 is 6.18 Å². The van der Waals surface area contributed by atoms with Gasteiger partial charge in [-0.25, -0.2) is 4.98 Å². The Morgan fingerprint density at radius 1 is 1.19 bits per heavy atom. The number of allylic oxidation sites excluding steroid dienone is 1. The molecule has 4 nitrogen and oxygen atoms in total. The molecule has 138 valence electrons. The van der Waals surface area contributed by atoms with Gasteiger partial charge in [-0.05, 0) is 69.9 Å². The van der Waals surface area contributed by atoms with Crippen LogP contribution in [0.15, 0.2) is 45.7 Å². The van der Waals surface area contributed by atoms with Crippen molar-refractivity contribution < 1.29 is 18.3 Å². The lowest BCUT2D eigenvalue weighted by molar-refractivity contribution is -0.137. The smallest absolute Gasteiger partial charge is 0.416 e. The molecule has 0 saturated heterocycles. The predicted molar refractivity (Wildman–Crippen MR) is 99.3 cm³/mol. The van der Waals surface area contributed by atoms with Gasteiger partial charge < -0.3 is 5.11 Å². The van der Waals surface area contributed by atoms with Crippen LogP contribution < -0.4 is 5.56 Å². The largest absolute Gasteiger partial charge is 0.507 e. The highest BCUT2D eigenvalue weighted by atomic mass is 79.9. The summed E-state index contributed by atoms with van der Waals surface area (Å²) in [5.41, 5.74) is 0.378. The van der Waals surface area contributed by atoms with Crippen molar-refractivity contribution in [2.45, 2.75) is 19.1 Å². The summed E-state index contributed by atoms with van der Waals surface area (Å²) < 4.78 is 40.9. The molecule has 2 heterocycles. The molecule has 0 atom stereocenters. The molecule has 0 fully saturated rings. The number of halogens is 4. The Labute approximate surface area is 159 Å². The van der Waals surface area contributed by atoms with Crippen molar-refractivity contribution >= 4 is 38.5 Å². The van der Waals surface area contributed by atoms with Gasteiger partial charge in [-0.15, -0.1) is 0 Å². The molecule has 0 amide bonds. The number of phenolic OH excluding ortho intramolecular Hbond substituents is 1. The van der Waals surface area contributed by atoms with E-state index < -0.39 is 11.7 Å². The van der Waals surface area contributed by atoms with E-state index in [1.807, 2.05) is 6.08 Å². The monoisotopic (exact) mass is 436 g/mol. The van der Waals surface area contributed by atoms with Crippen molar-refractivity contribution in [2.75, 3.05) is 0 Å². The Morgan fingerprint density at radius 2 is 1.96 bits per heavy atom. The molecule has 1 aromatic heterocycles. The van der Waals surface area contributed by atoms with Crippen molar-refractivity contribution in [3.05, 3.63) is 68.2 Å². The van der Waals surface area contributed by atoms with Gasteiger partial charge in [0.05, 0.1) is 20.9 Å². The standard InChI is InChI=1S/C19H12BrF3N2O2/c20-14-8-10(1-4-16(14)26)7-11-5-6-25-17(11)24-15-9-12(19(21,22)23)2-3-13(15)18(25)27/h1-4,7-9,26H,5-6H2/b11-7-. The highest BCUT2D eigenvalue weighted by Crippen LogP contribution is 2.33. The van der Waals surface area contributed by atoms with Gasteiger partial charge in [-0.3, -0.25) is 9.36 Å². The Balaban J connectivity index is 1.87. The number of aromatic hydroxyl groups is 1. The zero-order valence-electron chi connectivity index (χ0n) is 13.7. The Hall–Kier alpha value is -2.61. The zero-order valence-corrected chi connectivity index (χ0v) is 15.3. The molecule has 0 radical (unpaired) electrons. The third-order valence-electron chi connectivity index (χ3n) is 4.49. The van der Waals surface area contributed by atoms with Crippen molar-refractivity contribution in [1.29, 1.82) is 0 Å². The number of benzene rings is 2. The SMILES string of the molecule is O=c1c2ccc(C(F)(F)F)cc2nc2n1CC/C2=C/c1ccc(O)c(Br)c1. The highest BCUT2D eigenvalue weighted by molar-refractivity contribution is 9.10. The molecule has 27 heavy (non-hydrogen) atoms. The van der Waals surface area contributed by atoms with Gasteiger partial charge in [0.2, 0.25) is 0 Å². The van der Waals surface area contributed by atoms with Gasteiger partial charge in [0, 0.05) is 6.54 Å². The van der Waals surface area contributed by atoms with Crippen LogP contribution in [0.25, 0.3) is 22.6 Å². The maximum Gasteiger partial charge on any atom is 0.416 e. The third-order valence-corrected chi connectivity index (χ3v) is 5.12. The van der Waals surface area contributed by atoms with Crippen molar-refractivity contribution in [3.8, 4) is 5.75 Å². The molecule has 8 heteroatoms. The van der Waals surface area contributed by atoms with Crippen LogP contribution >= 0.6 is 15.9 Å². The minimum atomic E-state index is -4.50. The summed E-state index contributed by atoms with van der Waals surface area (Å²) in [5, 5.41) is 9.76. The quantitative estimate of drug-likeness (QED) is 0.594. The summed E-state index contributed by atoms with van der Waals surface area (Å²) in [4.78, 5) is 17.0. The average molecular weight is 437 g/mol. The fourth-order valence-electron chi connectivity index (χ4n) is 3.14. The first-order chi connectivity index (χ1) is 12.7. The van der Waals surface area contributed by atoms with E-state index in [1.54, 1.807) is 12.1 Å². The van der Waals surface area contributed by atoms with Crippen LogP contribution in [0.3, 0.4) is 0 Å². The van der Waals surface area contributed by atoms with Gasteiger partial charge in [-0.2, -0.15) is 13.2 Å². The molecular formula is C19H12BrF3N2O2. The first-order valence-electron chi connectivity index (χ1n) is 8.05. The minimum Gasteiger partial charge on any atom is -0.507 e. The lowest BCUT2D eigenvalue weighted by atomic mass is 10.1. The minimum absolute atomic E-state index is 0.0285. The van der Waals surface area contributed by atoms with E-state index in [2.05, 4.69) is 20.9 Å². The van der Waals surface area contributed by atoms with Gasteiger partial charge in [0.15, 0.2) is 0 Å². The number of rotatable bonds is 1.